The molecule has 0 fully saturated rings. The zero-order valence-corrected chi connectivity index (χ0v) is 11.2. The summed E-state index contributed by atoms with van der Waals surface area (Å²) in [5, 5.41) is 3.06. The zero-order chi connectivity index (χ0) is 14.0. The first kappa shape index (κ1) is 14.2. The van der Waals surface area contributed by atoms with Gasteiger partial charge in [-0.1, -0.05) is 0 Å². The second kappa shape index (κ2) is 5.41. The van der Waals surface area contributed by atoms with E-state index in [1.54, 1.807) is 6.07 Å². The summed E-state index contributed by atoms with van der Waals surface area (Å²) in [6, 6.07) is 4.12. The SMILES string of the molecule is CCN1CC(CCNC)c2cc(C(F)(F)F)ccc21. The molecule has 0 aromatic heterocycles. The van der Waals surface area contributed by atoms with E-state index >= 15 is 0 Å². The molecule has 1 aromatic carbocycles. The molecule has 2 rings (SSSR count). The van der Waals surface area contributed by atoms with Crippen molar-refractivity contribution >= 4 is 5.69 Å². The largest absolute Gasteiger partial charge is 0.416 e. The van der Waals surface area contributed by atoms with Crippen LogP contribution >= 0.6 is 0 Å². The van der Waals surface area contributed by atoms with Crippen molar-refractivity contribution in [1.29, 1.82) is 0 Å². The maximum absolute atomic E-state index is 12.8. The van der Waals surface area contributed by atoms with Gasteiger partial charge in [-0.25, -0.2) is 0 Å². The smallest absolute Gasteiger partial charge is 0.371 e. The molecule has 1 aliphatic heterocycles. The summed E-state index contributed by atoms with van der Waals surface area (Å²) < 4.78 is 38.4. The van der Waals surface area contributed by atoms with Crippen LogP contribution in [0, 0.1) is 0 Å². The van der Waals surface area contributed by atoms with Gasteiger partial charge in [0.05, 0.1) is 5.56 Å². The first-order valence-corrected chi connectivity index (χ1v) is 6.58. The average molecular weight is 272 g/mol. The molecule has 1 atom stereocenters. The molecule has 0 aliphatic carbocycles. The van der Waals surface area contributed by atoms with Crippen molar-refractivity contribution in [3.8, 4) is 0 Å². The van der Waals surface area contributed by atoms with E-state index in [-0.39, 0.29) is 5.92 Å². The van der Waals surface area contributed by atoms with Crippen LogP contribution in [0.3, 0.4) is 0 Å². The van der Waals surface area contributed by atoms with Gasteiger partial charge in [0, 0.05) is 24.7 Å². The molecule has 1 heterocycles. The average Bonchev–Trinajstić information content (AvgIpc) is 2.72. The zero-order valence-electron chi connectivity index (χ0n) is 11.2. The second-order valence-electron chi connectivity index (χ2n) is 4.90. The van der Waals surface area contributed by atoms with Crippen LogP contribution in [0.15, 0.2) is 18.2 Å². The number of alkyl halides is 3. The minimum atomic E-state index is -4.26. The van der Waals surface area contributed by atoms with Crippen LogP contribution < -0.4 is 10.2 Å². The summed E-state index contributed by atoms with van der Waals surface area (Å²) in [5.74, 6) is 0.185. The summed E-state index contributed by atoms with van der Waals surface area (Å²) in [6.07, 6.45) is -3.40. The summed E-state index contributed by atoms with van der Waals surface area (Å²) >= 11 is 0. The Bertz CT molecular complexity index is 443. The van der Waals surface area contributed by atoms with Gasteiger partial charge < -0.3 is 10.2 Å². The van der Waals surface area contributed by atoms with Crippen molar-refractivity contribution in [3.05, 3.63) is 29.3 Å². The molecule has 0 bridgehead atoms. The van der Waals surface area contributed by atoms with Gasteiger partial charge in [-0.3, -0.25) is 0 Å². The van der Waals surface area contributed by atoms with Crippen molar-refractivity contribution in [2.45, 2.75) is 25.4 Å². The highest BCUT2D eigenvalue weighted by Gasteiger charge is 2.34. The number of halogens is 3. The monoisotopic (exact) mass is 272 g/mol. The Morgan fingerprint density at radius 1 is 1.37 bits per heavy atom. The first-order chi connectivity index (χ1) is 8.97. The van der Waals surface area contributed by atoms with Crippen LogP contribution in [-0.4, -0.2) is 26.7 Å². The lowest BCUT2D eigenvalue weighted by Gasteiger charge is -2.17. The lowest BCUT2D eigenvalue weighted by atomic mass is 9.96. The number of hydrogen-bond acceptors (Lipinski definition) is 2. The van der Waals surface area contributed by atoms with E-state index in [0.29, 0.717) is 0 Å². The predicted octanol–water partition coefficient (Wildman–Crippen LogP) is 3.24. The van der Waals surface area contributed by atoms with E-state index in [0.717, 1.165) is 37.3 Å². The molecule has 2 nitrogen and oxygen atoms in total. The molecule has 1 N–H and O–H groups in total. The van der Waals surface area contributed by atoms with E-state index in [2.05, 4.69) is 10.2 Å². The van der Waals surface area contributed by atoms with Crippen LogP contribution in [0.25, 0.3) is 0 Å². The maximum Gasteiger partial charge on any atom is 0.416 e. The van der Waals surface area contributed by atoms with Gasteiger partial charge in [0.15, 0.2) is 0 Å². The Balaban J connectivity index is 2.33. The highest BCUT2D eigenvalue weighted by atomic mass is 19.4. The molecular weight excluding hydrogens is 253 g/mol. The standard InChI is InChI=1S/C14H19F3N2/c1-3-19-9-10(6-7-18-2)12-8-11(14(15,16)17)4-5-13(12)19/h4-5,8,10,18H,3,6-7,9H2,1-2H3. The number of hydrogen-bond donors (Lipinski definition) is 1. The Kier molecular flexibility index (Phi) is 4.04. The molecule has 1 aliphatic rings. The van der Waals surface area contributed by atoms with Crippen molar-refractivity contribution in [2.75, 3.05) is 31.6 Å². The number of rotatable bonds is 4. The van der Waals surface area contributed by atoms with Gasteiger partial charge in [-0.15, -0.1) is 0 Å². The molecule has 0 amide bonds. The molecule has 0 saturated carbocycles. The summed E-state index contributed by atoms with van der Waals surface area (Å²) in [7, 11) is 1.86. The minimum Gasteiger partial charge on any atom is -0.371 e. The van der Waals surface area contributed by atoms with Gasteiger partial charge >= 0.3 is 6.18 Å². The number of benzene rings is 1. The van der Waals surface area contributed by atoms with Crippen LogP contribution in [-0.2, 0) is 6.18 Å². The summed E-state index contributed by atoms with van der Waals surface area (Å²) in [6.45, 7) is 4.49. The maximum atomic E-state index is 12.8. The van der Waals surface area contributed by atoms with Gasteiger partial charge in [0.1, 0.15) is 0 Å². The fourth-order valence-corrected chi connectivity index (χ4v) is 2.67. The second-order valence-corrected chi connectivity index (χ2v) is 4.90. The molecule has 1 unspecified atom stereocenters. The Labute approximate surface area is 111 Å². The minimum absolute atomic E-state index is 0.185. The number of likely N-dealkylation sites (N-methyl/N-ethyl adjacent to an activating group) is 1. The van der Waals surface area contributed by atoms with Crippen molar-refractivity contribution in [2.24, 2.45) is 0 Å². The van der Waals surface area contributed by atoms with Crippen molar-refractivity contribution in [1.82, 2.24) is 5.32 Å². The molecule has 1 aromatic rings. The highest BCUT2D eigenvalue weighted by molar-refractivity contribution is 5.61. The number of anilines is 1. The molecule has 0 radical (unpaired) electrons. The van der Waals surface area contributed by atoms with Crippen LogP contribution in [0.4, 0.5) is 18.9 Å². The van der Waals surface area contributed by atoms with Crippen LogP contribution in [0.2, 0.25) is 0 Å². The molecule has 19 heavy (non-hydrogen) atoms. The number of nitrogens with zero attached hydrogens (tertiary/aromatic N) is 1. The third kappa shape index (κ3) is 2.86. The normalized spacial score (nSPS) is 18.8. The molecule has 0 spiro atoms. The van der Waals surface area contributed by atoms with Crippen molar-refractivity contribution in [3.63, 3.8) is 0 Å². The van der Waals surface area contributed by atoms with Crippen LogP contribution in [0.5, 0.6) is 0 Å². The Morgan fingerprint density at radius 3 is 2.68 bits per heavy atom. The Morgan fingerprint density at radius 2 is 2.11 bits per heavy atom. The van der Waals surface area contributed by atoms with Gasteiger partial charge in [0.2, 0.25) is 0 Å². The third-order valence-electron chi connectivity index (χ3n) is 3.70. The van der Waals surface area contributed by atoms with E-state index < -0.39 is 11.7 Å². The lowest BCUT2D eigenvalue weighted by Crippen LogP contribution is -2.22. The lowest BCUT2D eigenvalue weighted by molar-refractivity contribution is -0.137. The molecule has 106 valence electrons. The predicted molar refractivity (Wildman–Crippen MR) is 70.6 cm³/mol. The quantitative estimate of drug-likeness (QED) is 0.905. The molecule has 0 saturated heterocycles. The fraction of sp³-hybridized carbons (Fsp3) is 0.571. The summed E-state index contributed by atoms with van der Waals surface area (Å²) in [5.41, 5.74) is 1.25. The number of nitrogens with one attached hydrogen (secondary N) is 1. The van der Waals surface area contributed by atoms with Gasteiger partial charge in [-0.05, 0) is 50.7 Å². The molecular formula is C14H19F3N2. The summed E-state index contributed by atoms with van der Waals surface area (Å²) in [4.78, 5) is 2.15. The topological polar surface area (TPSA) is 15.3 Å². The van der Waals surface area contributed by atoms with Crippen LogP contribution in [0.1, 0.15) is 30.4 Å². The van der Waals surface area contributed by atoms with Crippen molar-refractivity contribution < 1.29 is 13.2 Å². The van der Waals surface area contributed by atoms with E-state index in [1.807, 2.05) is 14.0 Å². The van der Waals surface area contributed by atoms with E-state index in [1.165, 1.54) is 12.1 Å². The van der Waals surface area contributed by atoms with E-state index in [4.69, 9.17) is 0 Å². The third-order valence-corrected chi connectivity index (χ3v) is 3.70. The fourth-order valence-electron chi connectivity index (χ4n) is 2.67. The van der Waals surface area contributed by atoms with Gasteiger partial charge in [-0.2, -0.15) is 13.2 Å². The highest BCUT2D eigenvalue weighted by Crippen LogP contribution is 2.41. The van der Waals surface area contributed by atoms with Gasteiger partial charge in [0.25, 0.3) is 0 Å². The first-order valence-electron chi connectivity index (χ1n) is 6.58. The number of fused-ring (bicyclic) bond motifs is 1. The Hall–Kier alpha value is -1.23. The molecule has 5 heteroatoms. The van der Waals surface area contributed by atoms with E-state index in [9.17, 15) is 13.2 Å².